The summed E-state index contributed by atoms with van der Waals surface area (Å²) in [7, 11) is 1.71. The second kappa shape index (κ2) is 9.09. The minimum Gasteiger partial charge on any atom is -0.385 e. The Labute approximate surface area is 110 Å². The Morgan fingerprint density at radius 3 is 2.78 bits per heavy atom. The second-order valence-corrected chi connectivity index (χ2v) is 4.70. The first-order valence-electron chi connectivity index (χ1n) is 6.60. The number of nitrogens with two attached hydrogens (primary N) is 1. The van der Waals surface area contributed by atoms with E-state index in [1.54, 1.807) is 7.11 Å². The molecule has 0 bridgehead atoms. The minimum atomic E-state index is 0.175. The highest BCUT2D eigenvalue weighted by atomic mass is 16.5. The zero-order chi connectivity index (χ0) is 13.2. The molecule has 1 aromatic carbocycles. The van der Waals surface area contributed by atoms with E-state index in [1.165, 1.54) is 11.1 Å². The van der Waals surface area contributed by atoms with Crippen LogP contribution in [0.4, 0.5) is 0 Å². The summed E-state index contributed by atoms with van der Waals surface area (Å²) in [5.41, 5.74) is 8.69. The number of methoxy groups -OCH3 is 1. The molecule has 0 aliphatic carbocycles. The summed E-state index contributed by atoms with van der Waals surface area (Å²) in [5, 5.41) is 0. The van der Waals surface area contributed by atoms with Gasteiger partial charge in [-0.1, -0.05) is 29.8 Å². The maximum Gasteiger partial charge on any atom is 0.0487 e. The highest BCUT2D eigenvalue weighted by Crippen LogP contribution is 2.07. The lowest BCUT2D eigenvalue weighted by atomic mass is 10.0. The molecule has 3 heteroatoms. The van der Waals surface area contributed by atoms with Gasteiger partial charge in [-0.2, -0.15) is 0 Å². The predicted molar refractivity (Wildman–Crippen MR) is 74.8 cm³/mol. The smallest absolute Gasteiger partial charge is 0.0487 e. The van der Waals surface area contributed by atoms with E-state index >= 15 is 0 Å². The molecule has 0 heterocycles. The van der Waals surface area contributed by atoms with Crippen LogP contribution in [0.5, 0.6) is 0 Å². The number of rotatable bonds is 9. The molecule has 1 unspecified atom stereocenters. The van der Waals surface area contributed by atoms with Gasteiger partial charge >= 0.3 is 0 Å². The molecule has 18 heavy (non-hydrogen) atoms. The quantitative estimate of drug-likeness (QED) is 0.685. The maximum atomic E-state index is 6.09. The fourth-order valence-corrected chi connectivity index (χ4v) is 1.89. The molecule has 0 fully saturated rings. The molecule has 3 nitrogen and oxygen atoms in total. The first kappa shape index (κ1) is 15.2. The van der Waals surface area contributed by atoms with Gasteiger partial charge in [0.1, 0.15) is 0 Å². The Hall–Kier alpha value is -0.900. The molecule has 1 rings (SSSR count). The van der Waals surface area contributed by atoms with Crippen LogP contribution in [0.1, 0.15) is 24.0 Å². The lowest BCUT2D eigenvalue weighted by Crippen LogP contribution is -2.24. The summed E-state index contributed by atoms with van der Waals surface area (Å²) in [6.45, 7) is 4.35. The zero-order valence-corrected chi connectivity index (χ0v) is 11.5. The third-order valence-electron chi connectivity index (χ3n) is 2.85. The summed E-state index contributed by atoms with van der Waals surface area (Å²) in [6, 6.07) is 8.69. The molecule has 0 aliphatic rings. The van der Waals surface area contributed by atoms with Crippen LogP contribution in [-0.4, -0.2) is 33.0 Å². The van der Waals surface area contributed by atoms with Crippen LogP contribution in [-0.2, 0) is 15.9 Å². The van der Waals surface area contributed by atoms with E-state index in [4.69, 9.17) is 15.2 Å². The summed E-state index contributed by atoms with van der Waals surface area (Å²) in [5.74, 6) is 0. The van der Waals surface area contributed by atoms with Gasteiger partial charge in [0.2, 0.25) is 0 Å². The highest BCUT2D eigenvalue weighted by Gasteiger charge is 2.04. The van der Waals surface area contributed by atoms with Crippen molar-refractivity contribution in [3.05, 3.63) is 35.4 Å². The molecular weight excluding hydrogens is 226 g/mol. The van der Waals surface area contributed by atoms with E-state index in [9.17, 15) is 0 Å². The fraction of sp³-hybridized carbons (Fsp3) is 0.600. The van der Waals surface area contributed by atoms with Gasteiger partial charge in [0.25, 0.3) is 0 Å². The van der Waals surface area contributed by atoms with Crippen LogP contribution in [0.15, 0.2) is 24.3 Å². The first-order chi connectivity index (χ1) is 8.72. The summed E-state index contributed by atoms with van der Waals surface area (Å²) in [4.78, 5) is 0. The molecule has 0 radical (unpaired) electrons. The third-order valence-corrected chi connectivity index (χ3v) is 2.85. The molecule has 0 saturated heterocycles. The summed E-state index contributed by atoms with van der Waals surface area (Å²) < 4.78 is 10.5. The monoisotopic (exact) mass is 251 g/mol. The first-order valence-corrected chi connectivity index (χ1v) is 6.60. The molecule has 102 valence electrons. The van der Waals surface area contributed by atoms with Crippen LogP contribution in [0.25, 0.3) is 0 Å². The zero-order valence-electron chi connectivity index (χ0n) is 11.5. The Morgan fingerprint density at radius 1 is 1.22 bits per heavy atom. The van der Waals surface area contributed by atoms with Crippen molar-refractivity contribution in [2.24, 2.45) is 5.73 Å². The van der Waals surface area contributed by atoms with Gasteiger partial charge < -0.3 is 15.2 Å². The lowest BCUT2D eigenvalue weighted by molar-refractivity contribution is 0.0984. The Kier molecular flexibility index (Phi) is 7.65. The molecule has 0 aliphatic heterocycles. The summed E-state index contributed by atoms with van der Waals surface area (Å²) in [6.07, 6.45) is 2.77. The number of hydrogen-bond donors (Lipinski definition) is 1. The third kappa shape index (κ3) is 6.74. The number of benzene rings is 1. The van der Waals surface area contributed by atoms with Crippen LogP contribution < -0.4 is 5.73 Å². The van der Waals surface area contributed by atoms with Gasteiger partial charge in [0.05, 0.1) is 0 Å². The maximum absolute atomic E-state index is 6.09. The van der Waals surface area contributed by atoms with Gasteiger partial charge in [-0.05, 0) is 31.7 Å². The van der Waals surface area contributed by atoms with E-state index < -0.39 is 0 Å². The van der Waals surface area contributed by atoms with Gasteiger partial charge in [-0.15, -0.1) is 0 Å². The second-order valence-electron chi connectivity index (χ2n) is 4.70. The molecule has 1 atom stereocenters. The normalized spacial score (nSPS) is 12.6. The molecule has 0 aromatic heterocycles. The largest absolute Gasteiger partial charge is 0.385 e. The van der Waals surface area contributed by atoms with E-state index in [-0.39, 0.29) is 6.04 Å². The van der Waals surface area contributed by atoms with E-state index in [0.717, 1.165) is 39.1 Å². The van der Waals surface area contributed by atoms with Crippen LogP contribution >= 0.6 is 0 Å². The van der Waals surface area contributed by atoms with Crippen LogP contribution in [0, 0.1) is 6.92 Å². The van der Waals surface area contributed by atoms with Crippen molar-refractivity contribution >= 4 is 0 Å². The van der Waals surface area contributed by atoms with Crippen molar-refractivity contribution in [2.45, 2.75) is 32.2 Å². The molecule has 2 N–H and O–H groups in total. The standard InChI is InChI=1S/C15H25NO2/c1-13-5-3-6-14(11-13)12-15(16)7-10-18-9-4-8-17-2/h3,5-6,11,15H,4,7-10,12,16H2,1-2H3. The van der Waals surface area contributed by atoms with Crippen LogP contribution in [0.2, 0.25) is 0 Å². The fourth-order valence-electron chi connectivity index (χ4n) is 1.89. The minimum absolute atomic E-state index is 0.175. The van der Waals surface area contributed by atoms with Crippen molar-refractivity contribution < 1.29 is 9.47 Å². The number of hydrogen-bond acceptors (Lipinski definition) is 3. The average Bonchev–Trinajstić information content (AvgIpc) is 2.33. The Bertz CT molecular complexity index is 328. The number of aryl methyl sites for hydroxylation is 1. The van der Waals surface area contributed by atoms with E-state index in [0.29, 0.717) is 0 Å². The topological polar surface area (TPSA) is 44.5 Å². The van der Waals surface area contributed by atoms with Crippen molar-refractivity contribution in [1.82, 2.24) is 0 Å². The van der Waals surface area contributed by atoms with Crippen molar-refractivity contribution in [3.63, 3.8) is 0 Å². The van der Waals surface area contributed by atoms with E-state index in [1.807, 2.05) is 0 Å². The molecule has 0 saturated carbocycles. The van der Waals surface area contributed by atoms with Crippen LogP contribution in [0.3, 0.4) is 0 Å². The Balaban J connectivity index is 2.12. The van der Waals surface area contributed by atoms with Gasteiger partial charge in [-0.25, -0.2) is 0 Å². The molecule has 0 amide bonds. The highest BCUT2D eigenvalue weighted by molar-refractivity contribution is 5.22. The number of ether oxygens (including phenoxy) is 2. The molecule has 0 spiro atoms. The van der Waals surface area contributed by atoms with Gasteiger partial charge in [0, 0.05) is 33.0 Å². The SMILES string of the molecule is COCCCOCCC(N)Cc1cccc(C)c1. The lowest BCUT2D eigenvalue weighted by Gasteiger charge is -2.12. The molecule has 1 aromatic rings. The average molecular weight is 251 g/mol. The summed E-state index contributed by atoms with van der Waals surface area (Å²) >= 11 is 0. The predicted octanol–water partition coefficient (Wildman–Crippen LogP) is 2.31. The van der Waals surface area contributed by atoms with Crippen molar-refractivity contribution in [2.75, 3.05) is 26.9 Å². The molecular formula is C15H25NO2. The van der Waals surface area contributed by atoms with E-state index in [2.05, 4.69) is 31.2 Å². The van der Waals surface area contributed by atoms with Crippen molar-refractivity contribution in [1.29, 1.82) is 0 Å². The van der Waals surface area contributed by atoms with Gasteiger partial charge in [0.15, 0.2) is 0 Å². The van der Waals surface area contributed by atoms with Gasteiger partial charge in [-0.3, -0.25) is 0 Å². The van der Waals surface area contributed by atoms with Crippen molar-refractivity contribution in [3.8, 4) is 0 Å². The Morgan fingerprint density at radius 2 is 2.06 bits per heavy atom.